The van der Waals surface area contributed by atoms with Gasteiger partial charge in [0.1, 0.15) is 0 Å². The van der Waals surface area contributed by atoms with Crippen molar-refractivity contribution in [1.82, 2.24) is 5.32 Å². The fraction of sp³-hybridized carbons (Fsp3) is 0.273. The number of carbonyl (C=O) groups excluding carboxylic acids is 1. The first-order valence-electron chi connectivity index (χ1n) is 5.20. The Labute approximate surface area is 99.3 Å². The van der Waals surface area contributed by atoms with Crippen LogP contribution in [0.1, 0.15) is 17.5 Å². The molecule has 0 atom stereocenters. The topological polar surface area (TPSA) is 114 Å². The molecule has 0 aliphatic carbocycles. The van der Waals surface area contributed by atoms with E-state index in [0.717, 1.165) is 5.56 Å². The summed E-state index contributed by atoms with van der Waals surface area (Å²) in [6.45, 7) is 1.03. The van der Waals surface area contributed by atoms with Crippen LogP contribution < -0.4 is 16.8 Å². The second kappa shape index (κ2) is 6.49. The van der Waals surface area contributed by atoms with Gasteiger partial charge in [-0.15, -0.1) is 0 Å². The van der Waals surface area contributed by atoms with Gasteiger partial charge in [-0.3, -0.25) is 4.79 Å². The Hall–Kier alpha value is -2.08. The van der Waals surface area contributed by atoms with Crippen LogP contribution in [-0.2, 0) is 11.3 Å². The van der Waals surface area contributed by atoms with Gasteiger partial charge in [0.05, 0.1) is 0 Å². The third-order valence-electron chi connectivity index (χ3n) is 2.26. The summed E-state index contributed by atoms with van der Waals surface area (Å²) in [5, 5.41) is 14.7. The minimum Gasteiger partial charge on any atom is -0.409 e. The standard InChI is InChI=1S/C11H16N4O2/c12-10(16)5-6-14-7-8-3-1-2-4-9(8)11(13)15-17/h1-4,14,17H,5-7H2,(H2,12,16)(H2,13,15). The molecule has 0 saturated carbocycles. The summed E-state index contributed by atoms with van der Waals surface area (Å²) in [4.78, 5) is 10.5. The lowest BCUT2D eigenvalue weighted by molar-refractivity contribution is -0.117. The van der Waals surface area contributed by atoms with Gasteiger partial charge in [0.15, 0.2) is 5.84 Å². The molecule has 1 aromatic rings. The van der Waals surface area contributed by atoms with Gasteiger partial charge in [-0.25, -0.2) is 0 Å². The van der Waals surface area contributed by atoms with Crippen LogP contribution in [0.3, 0.4) is 0 Å². The highest BCUT2D eigenvalue weighted by Gasteiger charge is 2.05. The van der Waals surface area contributed by atoms with Crippen LogP contribution in [0, 0.1) is 0 Å². The largest absolute Gasteiger partial charge is 0.409 e. The minimum atomic E-state index is -0.345. The van der Waals surface area contributed by atoms with E-state index in [1.807, 2.05) is 12.1 Å². The first-order chi connectivity index (χ1) is 8.15. The van der Waals surface area contributed by atoms with E-state index in [0.29, 0.717) is 18.7 Å². The molecule has 17 heavy (non-hydrogen) atoms. The molecule has 0 radical (unpaired) electrons. The Bertz CT molecular complexity index is 418. The van der Waals surface area contributed by atoms with Crippen molar-refractivity contribution >= 4 is 11.7 Å². The molecule has 1 rings (SSSR count). The van der Waals surface area contributed by atoms with Crippen molar-refractivity contribution in [2.24, 2.45) is 16.6 Å². The highest BCUT2D eigenvalue weighted by atomic mass is 16.4. The summed E-state index contributed by atoms with van der Waals surface area (Å²) in [6, 6.07) is 7.30. The van der Waals surface area contributed by atoms with Crippen molar-refractivity contribution in [3.8, 4) is 0 Å². The van der Waals surface area contributed by atoms with Crippen LogP contribution in [0.15, 0.2) is 29.4 Å². The molecule has 0 spiro atoms. The van der Waals surface area contributed by atoms with Gasteiger partial charge >= 0.3 is 0 Å². The van der Waals surface area contributed by atoms with E-state index in [2.05, 4.69) is 10.5 Å². The summed E-state index contributed by atoms with van der Waals surface area (Å²) in [6.07, 6.45) is 0.283. The molecule has 6 N–H and O–H groups in total. The lowest BCUT2D eigenvalue weighted by atomic mass is 10.1. The highest BCUT2D eigenvalue weighted by Crippen LogP contribution is 2.07. The van der Waals surface area contributed by atoms with Crippen molar-refractivity contribution in [3.05, 3.63) is 35.4 Å². The van der Waals surface area contributed by atoms with Gasteiger partial charge in [-0.1, -0.05) is 29.4 Å². The van der Waals surface area contributed by atoms with Gasteiger partial charge in [0.2, 0.25) is 5.91 Å². The van der Waals surface area contributed by atoms with Crippen molar-refractivity contribution in [2.75, 3.05) is 6.54 Å². The zero-order valence-corrected chi connectivity index (χ0v) is 9.39. The molecule has 92 valence electrons. The molecule has 6 nitrogen and oxygen atoms in total. The normalized spacial score (nSPS) is 11.4. The van der Waals surface area contributed by atoms with Crippen molar-refractivity contribution in [3.63, 3.8) is 0 Å². The van der Waals surface area contributed by atoms with E-state index >= 15 is 0 Å². The summed E-state index contributed by atoms with van der Waals surface area (Å²) < 4.78 is 0. The van der Waals surface area contributed by atoms with Crippen LogP contribution in [0.25, 0.3) is 0 Å². The predicted octanol–water partition coefficient (Wildman–Crippen LogP) is -0.254. The van der Waals surface area contributed by atoms with Gasteiger partial charge < -0.3 is 22.0 Å². The van der Waals surface area contributed by atoms with Crippen LogP contribution >= 0.6 is 0 Å². The molecule has 0 aromatic heterocycles. The smallest absolute Gasteiger partial charge is 0.218 e. The van der Waals surface area contributed by atoms with Crippen LogP contribution in [0.5, 0.6) is 0 Å². The van der Waals surface area contributed by atoms with Crippen LogP contribution in [0.2, 0.25) is 0 Å². The monoisotopic (exact) mass is 236 g/mol. The van der Waals surface area contributed by atoms with Crippen molar-refractivity contribution < 1.29 is 10.0 Å². The Morgan fingerprint density at radius 3 is 2.71 bits per heavy atom. The number of nitrogens with one attached hydrogen (secondary N) is 1. The zero-order chi connectivity index (χ0) is 12.7. The number of hydrogen-bond acceptors (Lipinski definition) is 4. The predicted molar refractivity (Wildman–Crippen MR) is 64.5 cm³/mol. The minimum absolute atomic E-state index is 0.0669. The van der Waals surface area contributed by atoms with Crippen molar-refractivity contribution in [1.29, 1.82) is 0 Å². The van der Waals surface area contributed by atoms with Gasteiger partial charge in [-0.2, -0.15) is 0 Å². The van der Waals surface area contributed by atoms with E-state index in [9.17, 15) is 4.79 Å². The second-order valence-corrected chi connectivity index (χ2v) is 3.54. The maximum absolute atomic E-state index is 10.5. The average Bonchev–Trinajstić information content (AvgIpc) is 2.34. The van der Waals surface area contributed by atoms with E-state index < -0.39 is 0 Å². The van der Waals surface area contributed by atoms with Crippen LogP contribution in [-0.4, -0.2) is 23.5 Å². The molecule has 0 bridgehead atoms. The highest BCUT2D eigenvalue weighted by molar-refractivity contribution is 5.98. The zero-order valence-electron chi connectivity index (χ0n) is 9.39. The molecule has 6 heteroatoms. The molecule has 0 aliphatic heterocycles. The lowest BCUT2D eigenvalue weighted by Gasteiger charge is -2.08. The molecule has 1 amide bonds. The molecule has 0 aliphatic rings. The molecular formula is C11H16N4O2. The van der Waals surface area contributed by atoms with E-state index in [4.69, 9.17) is 16.7 Å². The SMILES string of the molecule is NC(=O)CCNCc1ccccc1C(N)=NO. The average molecular weight is 236 g/mol. The van der Waals surface area contributed by atoms with Crippen molar-refractivity contribution in [2.45, 2.75) is 13.0 Å². The number of oxime groups is 1. The van der Waals surface area contributed by atoms with Crippen LogP contribution in [0.4, 0.5) is 0 Å². The van der Waals surface area contributed by atoms with E-state index in [1.165, 1.54) is 0 Å². The third kappa shape index (κ3) is 4.12. The first kappa shape index (κ1) is 13.0. The lowest BCUT2D eigenvalue weighted by Crippen LogP contribution is -2.23. The maximum atomic E-state index is 10.5. The van der Waals surface area contributed by atoms with E-state index in [1.54, 1.807) is 12.1 Å². The molecular weight excluding hydrogens is 220 g/mol. The Balaban J connectivity index is 2.61. The molecule has 0 saturated heterocycles. The van der Waals surface area contributed by atoms with Gasteiger partial charge in [0, 0.05) is 25.1 Å². The molecule has 1 aromatic carbocycles. The number of benzene rings is 1. The number of rotatable bonds is 6. The molecule has 0 heterocycles. The number of amides is 1. The quantitative estimate of drug-likeness (QED) is 0.179. The molecule has 0 fully saturated rings. The number of amidine groups is 1. The first-order valence-corrected chi connectivity index (χ1v) is 5.20. The Morgan fingerprint density at radius 1 is 1.35 bits per heavy atom. The Kier molecular flexibility index (Phi) is 4.96. The molecule has 0 unspecified atom stereocenters. The van der Waals surface area contributed by atoms with E-state index in [-0.39, 0.29) is 18.2 Å². The van der Waals surface area contributed by atoms with Gasteiger partial charge in [-0.05, 0) is 5.56 Å². The maximum Gasteiger partial charge on any atom is 0.218 e. The summed E-state index contributed by atoms with van der Waals surface area (Å²) in [5.41, 5.74) is 12.1. The number of primary amides is 1. The summed E-state index contributed by atoms with van der Waals surface area (Å²) >= 11 is 0. The Morgan fingerprint density at radius 2 is 2.06 bits per heavy atom. The summed E-state index contributed by atoms with van der Waals surface area (Å²) in [5.74, 6) is -0.278. The second-order valence-electron chi connectivity index (χ2n) is 3.54. The van der Waals surface area contributed by atoms with Gasteiger partial charge in [0.25, 0.3) is 0 Å². The third-order valence-corrected chi connectivity index (χ3v) is 2.26. The summed E-state index contributed by atoms with van der Waals surface area (Å²) in [7, 11) is 0. The number of carbonyl (C=O) groups is 1. The fourth-order valence-electron chi connectivity index (χ4n) is 1.41. The number of nitrogens with two attached hydrogens (primary N) is 2. The number of nitrogens with zero attached hydrogens (tertiary/aromatic N) is 1. The number of hydrogen-bond donors (Lipinski definition) is 4. The fourth-order valence-corrected chi connectivity index (χ4v) is 1.41.